The van der Waals surface area contributed by atoms with Gasteiger partial charge < -0.3 is 4.57 Å². The van der Waals surface area contributed by atoms with E-state index in [1.54, 1.807) is 18.2 Å². The molecular formula is C25H28F3NO2S. The summed E-state index contributed by atoms with van der Waals surface area (Å²) in [5, 5.41) is 0.699. The van der Waals surface area contributed by atoms with Crippen molar-refractivity contribution in [1.29, 1.82) is 0 Å². The predicted octanol–water partition coefficient (Wildman–Crippen LogP) is 6.49. The molecule has 0 bridgehead atoms. The molecule has 0 unspecified atom stereocenters. The van der Waals surface area contributed by atoms with Gasteiger partial charge in [0.1, 0.15) is 0 Å². The third kappa shape index (κ3) is 4.87. The maximum absolute atomic E-state index is 13.6. The third-order valence-electron chi connectivity index (χ3n) is 5.84. The monoisotopic (exact) mass is 463 g/mol. The van der Waals surface area contributed by atoms with Crippen LogP contribution in [-0.2, 0) is 29.0 Å². The fourth-order valence-electron chi connectivity index (χ4n) is 4.20. The molecule has 1 fully saturated rings. The van der Waals surface area contributed by atoms with Gasteiger partial charge in [0.05, 0.1) is 16.6 Å². The summed E-state index contributed by atoms with van der Waals surface area (Å²) in [5.74, 6) is 0.102. The number of nitrogens with zero attached hydrogens (tertiary/aromatic N) is 1. The number of hydrogen-bond donors (Lipinski definition) is 0. The summed E-state index contributed by atoms with van der Waals surface area (Å²) in [4.78, 5) is 0. The molecule has 7 heteroatoms. The van der Waals surface area contributed by atoms with Gasteiger partial charge in [0.25, 0.3) is 0 Å². The first-order valence-electron chi connectivity index (χ1n) is 10.9. The maximum atomic E-state index is 13.6. The Morgan fingerprint density at radius 3 is 2.34 bits per heavy atom. The van der Waals surface area contributed by atoms with E-state index in [1.807, 2.05) is 16.8 Å². The molecule has 1 aromatic heterocycles. The van der Waals surface area contributed by atoms with E-state index in [1.165, 1.54) is 12.1 Å². The molecule has 3 aromatic rings. The molecule has 1 heterocycles. The fourth-order valence-corrected chi connectivity index (χ4v) is 5.90. The average Bonchev–Trinajstić information content (AvgIpc) is 3.50. The Morgan fingerprint density at radius 2 is 1.72 bits per heavy atom. The molecule has 2 aromatic carbocycles. The Balaban J connectivity index is 1.79. The summed E-state index contributed by atoms with van der Waals surface area (Å²) in [7, 11) is -3.09. The first-order valence-corrected chi connectivity index (χ1v) is 12.6. The summed E-state index contributed by atoms with van der Waals surface area (Å²) < 4.78 is 67.6. The van der Waals surface area contributed by atoms with E-state index in [4.69, 9.17) is 0 Å². The number of hydrogen-bond acceptors (Lipinski definition) is 2. The minimum Gasteiger partial charge on any atom is -0.347 e. The Bertz CT molecular complexity index is 1250. The van der Waals surface area contributed by atoms with Crippen molar-refractivity contribution in [2.24, 2.45) is 5.41 Å². The summed E-state index contributed by atoms with van der Waals surface area (Å²) in [6.07, 6.45) is -0.573. The molecule has 0 atom stereocenters. The number of aromatic nitrogens is 1. The standard InChI is InChI=1S/C25H28F3NO2S/c1-24(2,3)16-29-15-18(12-13-32(30,31)19-9-10-19)21-11-8-17(14-23(21)29)20-6-4-5-7-22(20)25(26,27)28/h4-8,11,14-15,19H,9-10,12-13,16H2,1-3H3. The highest BCUT2D eigenvalue weighted by Gasteiger charge is 2.35. The topological polar surface area (TPSA) is 39.1 Å². The van der Waals surface area contributed by atoms with Crippen LogP contribution in [0.3, 0.4) is 0 Å². The highest BCUT2D eigenvalue weighted by atomic mass is 32.2. The van der Waals surface area contributed by atoms with Gasteiger partial charge in [-0.2, -0.15) is 13.2 Å². The van der Waals surface area contributed by atoms with Crippen molar-refractivity contribution in [1.82, 2.24) is 4.57 Å². The quantitative estimate of drug-likeness (QED) is 0.419. The lowest BCUT2D eigenvalue weighted by Gasteiger charge is -2.20. The van der Waals surface area contributed by atoms with Crippen molar-refractivity contribution >= 4 is 20.7 Å². The van der Waals surface area contributed by atoms with Crippen LogP contribution in [0, 0.1) is 5.41 Å². The van der Waals surface area contributed by atoms with Crippen LogP contribution < -0.4 is 0 Å². The van der Waals surface area contributed by atoms with Crippen molar-refractivity contribution in [3.8, 4) is 11.1 Å². The molecule has 1 aliphatic rings. The van der Waals surface area contributed by atoms with Crippen molar-refractivity contribution in [2.75, 3.05) is 5.75 Å². The highest BCUT2D eigenvalue weighted by molar-refractivity contribution is 7.92. The van der Waals surface area contributed by atoms with Crippen LogP contribution in [0.1, 0.15) is 44.7 Å². The van der Waals surface area contributed by atoms with Crippen LogP contribution in [-0.4, -0.2) is 24.0 Å². The van der Waals surface area contributed by atoms with Gasteiger partial charge in [0, 0.05) is 23.6 Å². The number of halogens is 3. The number of rotatable bonds is 6. The number of alkyl halides is 3. The van der Waals surface area contributed by atoms with Crippen LogP contribution in [0.5, 0.6) is 0 Å². The molecule has 0 spiro atoms. The first-order chi connectivity index (χ1) is 14.9. The van der Waals surface area contributed by atoms with E-state index in [-0.39, 0.29) is 22.0 Å². The molecule has 0 amide bonds. The second-order valence-corrected chi connectivity index (χ2v) is 12.3. The lowest BCUT2D eigenvalue weighted by molar-refractivity contribution is -0.137. The molecule has 0 aliphatic heterocycles. The van der Waals surface area contributed by atoms with E-state index >= 15 is 0 Å². The van der Waals surface area contributed by atoms with Crippen molar-refractivity contribution < 1.29 is 21.6 Å². The van der Waals surface area contributed by atoms with Crippen LogP contribution in [0.4, 0.5) is 13.2 Å². The Hall–Kier alpha value is -2.28. The van der Waals surface area contributed by atoms with Crippen molar-refractivity contribution in [2.45, 2.75) is 58.0 Å². The van der Waals surface area contributed by atoms with Crippen LogP contribution >= 0.6 is 0 Å². The molecule has 4 rings (SSSR count). The van der Waals surface area contributed by atoms with Gasteiger partial charge in [-0.3, -0.25) is 0 Å². The molecule has 172 valence electrons. The van der Waals surface area contributed by atoms with Gasteiger partial charge in [0.2, 0.25) is 0 Å². The molecule has 1 saturated carbocycles. The molecule has 32 heavy (non-hydrogen) atoms. The third-order valence-corrected chi connectivity index (χ3v) is 8.10. The molecule has 3 nitrogen and oxygen atoms in total. The Morgan fingerprint density at radius 1 is 1.03 bits per heavy atom. The predicted molar refractivity (Wildman–Crippen MR) is 122 cm³/mol. The number of aryl methyl sites for hydroxylation is 1. The van der Waals surface area contributed by atoms with E-state index in [0.717, 1.165) is 35.4 Å². The van der Waals surface area contributed by atoms with Gasteiger partial charge in [-0.15, -0.1) is 0 Å². The molecule has 0 radical (unpaired) electrons. The number of fused-ring (bicyclic) bond motifs is 1. The number of sulfone groups is 1. The fraction of sp³-hybridized carbons (Fsp3) is 0.440. The van der Waals surface area contributed by atoms with Gasteiger partial charge in [-0.05, 0) is 53.5 Å². The molecular weight excluding hydrogens is 435 g/mol. The zero-order valence-corrected chi connectivity index (χ0v) is 19.4. The van der Waals surface area contributed by atoms with Crippen molar-refractivity contribution in [3.63, 3.8) is 0 Å². The molecule has 0 saturated heterocycles. The van der Waals surface area contributed by atoms with Gasteiger partial charge in [-0.25, -0.2) is 8.42 Å². The SMILES string of the molecule is CC(C)(C)Cn1cc(CCS(=O)(=O)C2CC2)c2ccc(-c3ccccc3C(F)(F)F)cc21. The highest BCUT2D eigenvalue weighted by Crippen LogP contribution is 2.39. The average molecular weight is 464 g/mol. The van der Waals surface area contributed by atoms with Gasteiger partial charge in [0.15, 0.2) is 9.84 Å². The maximum Gasteiger partial charge on any atom is 0.417 e. The van der Waals surface area contributed by atoms with E-state index in [9.17, 15) is 21.6 Å². The summed E-state index contributed by atoms with van der Waals surface area (Å²) in [6.45, 7) is 6.96. The second kappa shape index (κ2) is 7.94. The smallest absolute Gasteiger partial charge is 0.347 e. The largest absolute Gasteiger partial charge is 0.417 e. The van der Waals surface area contributed by atoms with Crippen molar-refractivity contribution in [3.05, 3.63) is 59.8 Å². The summed E-state index contributed by atoms with van der Waals surface area (Å²) in [5.41, 5.74) is 1.67. The van der Waals surface area contributed by atoms with Crippen LogP contribution in [0.15, 0.2) is 48.7 Å². The van der Waals surface area contributed by atoms with Crippen LogP contribution in [0.25, 0.3) is 22.0 Å². The molecule has 0 N–H and O–H groups in total. The van der Waals surface area contributed by atoms with Gasteiger partial charge in [-0.1, -0.05) is 51.1 Å². The Kier molecular flexibility index (Phi) is 5.68. The number of benzene rings is 2. The van der Waals surface area contributed by atoms with E-state index < -0.39 is 21.6 Å². The zero-order valence-electron chi connectivity index (χ0n) is 18.5. The minimum absolute atomic E-state index is 0.0524. The summed E-state index contributed by atoms with van der Waals surface area (Å²) in [6, 6.07) is 10.9. The minimum atomic E-state index is -4.44. The first kappa shape index (κ1) is 22.9. The van der Waals surface area contributed by atoms with E-state index in [2.05, 4.69) is 20.8 Å². The second-order valence-electron chi connectivity index (χ2n) is 9.93. The van der Waals surface area contributed by atoms with Crippen LogP contribution in [0.2, 0.25) is 0 Å². The lowest BCUT2D eigenvalue weighted by atomic mass is 9.96. The lowest BCUT2D eigenvalue weighted by Crippen LogP contribution is -2.15. The Labute approximate surface area is 187 Å². The summed E-state index contributed by atoms with van der Waals surface area (Å²) >= 11 is 0. The van der Waals surface area contributed by atoms with E-state index in [0.29, 0.717) is 18.5 Å². The molecule has 1 aliphatic carbocycles. The normalized spacial score (nSPS) is 15.4. The van der Waals surface area contributed by atoms with Gasteiger partial charge >= 0.3 is 6.18 Å². The zero-order chi connectivity index (χ0) is 23.3.